The zero-order chi connectivity index (χ0) is 20.7. The van der Waals surface area contributed by atoms with Gasteiger partial charge in [0.05, 0.1) is 0 Å². The molecule has 0 unspecified atom stereocenters. The molecule has 0 saturated heterocycles. The molecule has 5 N–H and O–H groups in total. The summed E-state index contributed by atoms with van der Waals surface area (Å²) in [7, 11) is 8.19. The van der Waals surface area contributed by atoms with Crippen molar-refractivity contribution in [3.05, 3.63) is 0 Å². The number of rotatable bonds is 12. The van der Waals surface area contributed by atoms with Crippen LogP contribution in [0.4, 0.5) is 17.8 Å². The SMILES string of the molecule is COC(C)(OC)C(OC)(OC)C(OC)(OC)OCNc1nc(N)nc(N)n1. The van der Waals surface area contributed by atoms with Crippen LogP contribution in [0.3, 0.4) is 0 Å². The molecule has 1 aromatic heterocycles. The van der Waals surface area contributed by atoms with Gasteiger partial charge in [-0.25, -0.2) is 0 Å². The monoisotopic (exact) mass is 392 g/mol. The maximum atomic E-state index is 5.76. The van der Waals surface area contributed by atoms with Gasteiger partial charge < -0.3 is 49.9 Å². The Balaban J connectivity index is 3.17. The highest BCUT2D eigenvalue weighted by molar-refractivity contribution is 5.36. The molecule has 0 aliphatic rings. The minimum Gasteiger partial charge on any atom is -0.368 e. The lowest BCUT2D eigenvalue weighted by Crippen LogP contribution is -2.72. The van der Waals surface area contributed by atoms with E-state index in [-0.39, 0.29) is 24.6 Å². The maximum absolute atomic E-state index is 5.76. The normalized spacial score (nSPS) is 13.0. The molecular weight excluding hydrogens is 364 g/mol. The molecule has 27 heavy (non-hydrogen) atoms. The second-order valence-electron chi connectivity index (χ2n) is 5.18. The summed E-state index contributed by atoms with van der Waals surface area (Å²) in [6.07, 6.45) is 0. The fourth-order valence-corrected chi connectivity index (χ4v) is 2.58. The molecule has 0 saturated carbocycles. The van der Waals surface area contributed by atoms with Gasteiger partial charge in [-0.05, 0) is 6.92 Å². The fourth-order valence-electron chi connectivity index (χ4n) is 2.58. The number of nitrogens with one attached hydrogen (secondary N) is 1. The first-order chi connectivity index (χ1) is 12.7. The molecular formula is C14H28N6O7. The van der Waals surface area contributed by atoms with Crippen molar-refractivity contribution in [2.75, 3.05) is 66.2 Å². The summed E-state index contributed by atoms with van der Waals surface area (Å²) < 4.78 is 38.7. The largest absolute Gasteiger partial charge is 0.368 e. The minimum absolute atomic E-state index is 0.0517. The summed E-state index contributed by atoms with van der Waals surface area (Å²) in [4.78, 5) is 11.4. The van der Waals surface area contributed by atoms with Crippen molar-refractivity contribution in [2.24, 2.45) is 0 Å². The van der Waals surface area contributed by atoms with Crippen LogP contribution in [-0.4, -0.2) is 81.9 Å². The summed E-state index contributed by atoms with van der Waals surface area (Å²) in [5, 5.41) is 2.76. The average Bonchev–Trinajstić information content (AvgIpc) is 2.66. The van der Waals surface area contributed by atoms with Crippen LogP contribution in [-0.2, 0) is 33.2 Å². The van der Waals surface area contributed by atoms with Crippen LogP contribution in [0.5, 0.6) is 0 Å². The molecule has 1 aromatic rings. The number of anilines is 3. The van der Waals surface area contributed by atoms with Gasteiger partial charge in [-0.15, -0.1) is 0 Å². The number of ether oxygens (including phenoxy) is 7. The Morgan fingerprint density at radius 1 is 0.778 bits per heavy atom. The van der Waals surface area contributed by atoms with Gasteiger partial charge in [0.25, 0.3) is 0 Å². The number of nitrogen functional groups attached to an aromatic ring is 2. The lowest BCUT2D eigenvalue weighted by atomic mass is 10.0. The van der Waals surface area contributed by atoms with E-state index in [1.54, 1.807) is 6.92 Å². The number of methoxy groups -OCH3 is 6. The lowest BCUT2D eigenvalue weighted by molar-refractivity contribution is -0.532. The Morgan fingerprint density at radius 3 is 1.63 bits per heavy atom. The number of hydrogen-bond donors (Lipinski definition) is 3. The smallest absolute Gasteiger partial charge is 0.347 e. The quantitative estimate of drug-likeness (QED) is 0.385. The molecule has 156 valence electrons. The van der Waals surface area contributed by atoms with E-state index in [1.165, 1.54) is 42.7 Å². The summed E-state index contributed by atoms with van der Waals surface area (Å²) in [5.74, 6) is -5.26. The van der Waals surface area contributed by atoms with Crippen LogP contribution < -0.4 is 16.8 Å². The van der Waals surface area contributed by atoms with E-state index in [2.05, 4.69) is 20.3 Å². The summed E-state index contributed by atoms with van der Waals surface area (Å²) in [6, 6.07) is 0. The van der Waals surface area contributed by atoms with Gasteiger partial charge in [0.1, 0.15) is 6.73 Å². The van der Waals surface area contributed by atoms with Crippen molar-refractivity contribution in [3.8, 4) is 0 Å². The van der Waals surface area contributed by atoms with E-state index in [1.807, 2.05) is 0 Å². The van der Waals surface area contributed by atoms with Crippen LogP contribution in [0.25, 0.3) is 0 Å². The Kier molecular flexibility index (Phi) is 8.04. The molecule has 13 heteroatoms. The highest BCUT2D eigenvalue weighted by Crippen LogP contribution is 2.42. The van der Waals surface area contributed by atoms with Crippen molar-refractivity contribution in [2.45, 2.75) is 24.5 Å². The molecule has 0 fully saturated rings. The van der Waals surface area contributed by atoms with Gasteiger partial charge in [-0.2, -0.15) is 15.0 Å². The van der Waals surface area contributed by atoms with E-state index in [0.29, 0.717) is 0 Å². The Morgan fingerprint density at radius 2 is 1.26 bits per heavy atom. The zero-order valence-electron chi connectivity index (χ0n) is 16.6. The van der Waals surface area contributed by atoms with Crippen molar-refractivity contribution >= 4 is 17.8 Å². The average molecular weight is 392 g/mol. The molecule has 13 nitrogen and oxygen atoms in total. The van der Waals surface area contributed by atoms with Crippen molar-refractivity contribution in [1.29, 1.82) is 0 Å². The van der Waals surface area contributed by atoms with Crippen LogP contribution in [0, 0.1) is 0 Å². The number of nitrogens with two attached hydrogens (primary N) is 2. The van der Waals surface area contributed by atoms with Gasteiger partial charge >= 0.3 is 11.8 Å². The molecule has 0 spiro atoms. The molecule has 0 atom stereocenters. The minimum atomic E-state index is -1.94. The summed E-state index contributed by atoms with van der Waals surface area (Å²) in [6.45, 7) is 1.35. The van der Waals surface area contributed by atoms with Crippen LogP contribution >= 0.6 is 0 Å². The third kappa shape index (κ3) is 4.19. The van der Waals surface area contributed by atoms with Gasteiger partial charge in [0.15, 0.2) is 0 Å². The van der Waals surface area contributed by atoms with Crippen molar-refractivity contribution in [3.63, 3.8) is 0 Å². The maximum Gasteiger partial charge on any atom is 0.347 e. The highest BCUT2D eigenvalue weighted by Gasteiger charge is 2.69. The zero-order valence-corrected chi connectivity index (χ0v) is 16.6. The lowest BCUT2D eigenvalue weighted by Gasteiger charge is -2.51. The molecule has 0 radical (unpaired) electrons. The van der Waals surface area contributed by atoms with Gasteiger partial charge in [0, 0.05) is 42.7 Å². The third-order valence-electron chi connectivity index (χ3n) is 4.05. The van der Waals surface area contributed by atoms with Gasteiger partial charge in [0.2, 0.25) is 23.6 Å². The number of aromatic nitrogens is 3. The topological polar surface area (TPSA) is 167 Å². The number of hydrogen-bond acceptors (Lipinski definition) is 13. The van der Waals surface area contributed by atoms with Crippen molar-refractivity contribution in [1.82, 2.24) is 15.0 Å². The Bertz CT molecular complexity index is 573. The fraction of sp³-hybridized carbons (Fsp3) is 0.786. The summed E-state index contributed by atoms with van der Waals surface area (Å²) >= 11 is 0. The molecule has 0 amide bonds. The molecule has 1 heterocycles. The second kappa shape index (κ2) is 9.36. The number of nitrogens with zero attached hydrogens (tertiary/aromatic N) is 3. The highest BCUT2D eigenvalue weighted by atomic mass is 16.9. The van der Waals surface area contributed by atoms with E-state index >= 15 is 0 Å². The van der Waals surface area contributed by atoms with E-state index in [4.69, 9.17) is 44.6 Å². The standard InChI is InChI=1S/C14H28N6O7/c1-12(21-2,22-3)13(23-4,24-5)14(25-6,26-7)27-8-17-11-19-9(15)18-10(16)20-11/h8H2,1-7H3,(H5,15,16,17,18,19,20). The molecule has 0 aromatic carbocycles. The van der Waals surface area contributed by atoms with E-state index in [0.717, 1.165) is 0 Å². The van der Waals surface area contributed by atoms with E-state index in [9.17, 15) is 0 Å². The first kappa shape index (κ1) is 23.2. The first-order valence-electron chi connectivity index (χ1n) is 7.69. The second-order valence-corrected chi connectivity index (χ2v) is 5.18. The predicted molar refractivity (Wildman–Crippen MR) is 94.1 cm³/mol. The Labute approximate surface area is 157 Å². The van der Waals surface area contributed by atoms with Crippen LogP contribution in [0.1, 0.15) is 6.92 Å². The summed E-state index contributed by atoms with van der Waals surface area (Å²) in [5.41, 5.74) is 11.1. The molecule has 1 rings (SSSR count). The van der Waals surface area contributed by atoms with Gasteiger partial charge in [-0.3, -0.25) is 0 Å². The van der Waals surface area contributed by atoms with Gasteiger partial charge in [-0.1, -0.05) is 0 Å². The molecule has 0 aliphatic heterocycles. The van der Waals surface area contributed by atoms with Crippen molar-refractivity contribution < 1.29 is 33.2 Å². The molecule has 0 bridgehead atoms. The first-order valence-corrected chi connectivity index (χ1v) is 7.69. The Hall–Kier alpha value is -1.87. The van der Waals surface area contributed by atoms with E-state index < -0.39 is 17.5 Å². The molecule has 0 aliphatic carbocycles. The third-order valence-corrected chi connectivity index (χ3v) is 4.05. The van der Waals surface area contributed by atoms with Crippen LogP contribution in [0.15, 0.2) is 0 Å². The predicted octanol–water partition coefficient (Wildman–Crippen LogP) is -0.633. The van der Waals surface area contributed by atoms with Crippen LogP contribution in [0.2, 0.25) is 0 Å².